The van der Waals surface area contributed by atoms with Gasteiger partial charge in [0.25, 0.3) is 0 Å². The van der Waals surface area contributed by atoms with Crippen LogP contribution in [0.5, 0.6) is 0 Å². The van der Waals surface area contributed by atoms with Crippen molar-refractivity contribution < 1.29 is 4.79 Å². The molecule has 5 rings (SSSR count). The molecular weight excluding hydrogens is 324 g/mol. The zero-order valence-corrected chi connectivity index (χ0v) is 14.8. The Bertz CT molecular complexity index is 754. The first-order chi connectivity index (χ1) is 12.8. The maximum atomic E-state index is 12.5. The van der Waals surface area contributed by atoms with E-state index in [1.54, 1.807) is 24.5 Å². The van der Waals surface area contributed by atoms with Gasteiger partial charge in [0.1, 0.15) is 0 Å². The van der Waals surface area contributed by atoms with Gasteiger partial charge < -0.3 is 5.32 Å². The predicted molar refractivity (Wildman–Crippen MR) is 101 cm³/mol. The van der Waals surface area contributed by atoms with Crippen molar-refractivity contribution in [3.63, 3.8) is 0 Å². The molecule has 3 aliphatic heterocycles. The number of hydrogen-bond donors (Lipinski definition) is 1. The molecule has 0 aromatic carbocycles. The largest absolute Gasteiger partial charge is 0.348 e. The second-order valence-corrected chi connectivity index (χ2v) is 7.13. The molecule has 2 atom stereocenters. The SMILES string of the molecule is O=C(C=Cc1ccccn1)NC1C2CCN(CC2)[C@H]1Cc1cccnc1. The van der Waals surface area contributed by atoms with Gasteiger partial charge in [-0.05, 0) is 68.1 Å². The lowest BCUT2D eigenvalue weighted by atomic mass is 9.77. The molecule has 5 heteroatoms. The summed E-state index contributed by atoms with van der Waals surface area (Å²) in [4.78, 5) is 23.5. The number of fused-ring (bicyclic) bond motifs is 3. The van der Waals surface area contributed by atoms with Crippen LogP contribution in [-0.2, 0) is 11.2 Å². The molecule has 2 bridgehead atoms. The van der Waals surface area contributed by atoms with Crippen LogP contribution in [0.3, 0.4) is 0 Å². The number of rotatable bonds is 5. The highest BCUT2D eigenvalue weighted by molar-refractivity contribution is 5.91. The topological polar surface area (TPSA) is 58.1 Å². The fourth-order valence-electron chi connectivity index (χ4n) is 4.23. The van der Waals surface area contributed by atoms with Crippen LogP contribution >= 0.6 is 0 Å². The summed E-state index contributed by atoms with van der Waals surface area (Å²) in [6, 6.07) is 10.3. The summed E-state index contributed by atoms with van der Waals surface area (Å²) >= 11 is 0. The van der Waals surface area contributed by atoms with Gasteiger partial charge in [0.2, 0.25) is 5.91 Å². The minimum absolute atomic E-state index is 0.0365. The van der Waals surface area contributed by atoms with E-state index in [2.05, 4.69) is 26.3 Å². The zero-order chi connectivity index (χ0) is 17.8. The number of nitrogens with one attached hydrogen (secondary N) is 1. The van der Waals surface area contributed by atoms with Crippen LogP contribution in [0.1, 0.15) is 24.1 Å². The third-order valence-electron chi connectivity index (χ3n) is 5.54. The second kappa shape index (κ2) is 7.79. The van der Waals surface area contributed by atoms with Gasteiger partial charge in [-0.15, -0.1) is 0 Å². The molecule has 0 aliphatic carbocycles. The molecule has 3 aliphatic rings. The number of hydrogen-bond acceptors (Lipinski definition) is 4. The Hall–Kier alpha value is -2.53. The smallest absolute Gasteiger partial charge is 0.244 e. The van der Waals surface area contributed by atoms with E-state index in [0.29, 0.717) is 12.0 Å². The highest BCUT2D eigenvalue weighted by Gasteiger charge is 2.42. The van der Waals surface area contributed by atoms with Gasteiger partial charge in [0.15, 0.2) is 0 Å². The van der Waals surface area contributed by atoms with E-state index in [9.17, 15) is 4.79 Å². The van der Waals surface area contributed by atoms with E-state index < -0.39 is 0 Å². The van der Waals surface area contributed by atoms with Crippen molar-refractivity contribution in [1.29, 1.82) is 0 Å². The summed E-state index contributed by atoms with van der Waals surface area (Å²) in [5, 5.41) is 3.28. The summed E-state index contributed by atoms with van der Waals surface area (Å²) in [5.41, 5.74) is 2.02. The number of piperidine rings is 3. The van der Waals surface area contributed by atoms with Gasteiger partial charge in [-0.1, -0.05) is 12.1 Å². The Balaban J connectivity index is 1.45. The minimum atomic E-state index is -0.0365. The van der Waals surface area contributed by atoms with Crippen LogP contribution in [0.25, 0.3) is 6.08 Å². The van der Waals surface area contributed by atoms with E-state index in [4.69, 9.17) is 0 Å². The predicted octanol–water partition coefficient (Wildman–Crippen LogP) is 2.31. The Morgan fingerprint density at radius 1 is 1.19 bits per heavy atom. The van der Waals surface area contributed by atoms with Crippen LogP contribution in [0.2, 0.25) is 0 Å². The second-order valence-electron chi connectivity index (χ2n) is 7.13. The van der Waals surface area contributed by atoms with Gasteiger partial charge in [-0.25, -0.2) is 0 Å². The molecule has 0 radical (unpaired) electrons. The standard InChI is InChI=1S/C21H24N4O/c26-20(7-6-18-5-1-2-11-23-18)24-21-17-8-12-25(13-9-17)19(21)14-16-4-3-10-22-15-16/h1-7,10-11,15,17,19,21H,8-9,12-14H2,(H,24,26)/t19-,21?/m0/s1. The Morgan fingerprint density at radius 3 is 2.81 bits per heavy atom. The van der Waals surface area contributed by atoms with Gasteiger partial charge in [-0.2, -0.15) is 0 Å². The number of carbonyl (C=O) groups excluding carboxylic acids is 1. The first kappa shape index (κ1) is 16.9. The minimum Gasteiger partial charge on any atom is -0.348 e. The number of nitrogens with zero attached hydrogens (tertiary/aromatic N) is 3. The van der Waals surface area contributed by atoms with Gasteiger partial charge >= 0.3 is 0 Å². The van der Waals surface area contributed by atoms with Crippen molar-refractivity contribution in [1.82, 2.24) is 20.2 Å². The molecule has 3 fully saturated rings. The molecule has 3 saturated heterocycles. The average molecular weight is 348 g/mol. The third-order valence-corrected chi connectivity index (χ3v) is 5.54. The molecule has 5 heterocycles. The van der Waals surface area contributed by atoms with Crippen LogP contribution in [0, 0.1) is 5.92 Å². The Labute approximate surface area is 154 Å². The number of carbonyl (C=O) groups is 1. The van der Waals surface area contributed by atoms with Gasteiger partial charge in [-0.3, -0.25) is 19.7 Å². The normalized spacial score (nSPS) is 27.5. The molecule has 1 amide bonds. The van der Waals surface area contributed by atoms with E-state index in [1.165, 1.54) is 18.4 Å². The van der Waals surface area contributed by atoms with Gasteiger partial charge in [0, 0.05) is 36.8 Å². The monoisotopic (exact) mass is 348 g/mol. The fourth-order valence-corrected chi connectivity index (χ4v) is 4.23. The van der Waals surface area contributed by atoms with Crippen molar-refractivity contribution in [2.24, 2.45) is 5.92 Å². The molecule has 2 aromatic heterocycles. The van der Waals surface area contributed by atoms with E-state index in [1.807, 2.05) is 30.5 Å². The third kappa shape index (κ3) is 3.83. The van der Waals surface area contributed by atoms with Crippen molar-refractivity contribution >= 4 is 12.0 Å². The van der Waals surface area contributed by atoms with Crippen LogP contribution in [0.4, 0.5) is 0 Å². The molecule has 26 heavy (non-hydrogen) atoms. The summed E-state index contributed by atoms with van der Waals surface area (Å²) in [6.45, 7) is 2.26. The lowest BCUT2D eigenvalue weighted by molar-refractivity contribution is -0.119. The molecule has 1 unspecified atom stereocenters. The Kier molecular flexibility index (Phi) is 5.07. The lowest BCUT2D eigenvalue weighted by Gasteiger charge is -2.51. The summed E-state index contributed by atoms with van der Waals surface area (Å²) in [6.07, 6.45) is 12.1. The first-order valence-corrected chi connectivity index (χ1v) is 9.32. The highest BCUT2D eigenvalue weighted by Crippen LogP contribution is 2.33. The average Bonchev–Trinajstić information content (AvgIpc) is 2.70. The molecule has 2 aromatic rings. The van der Waals surface area contributed by atoms with E-state index >= 15 is 0 Å². The van der Waals surface area contributed by atoms with Crippen LogP contribution in [0.15, 0.2) is 55.0 Å². The molecule has 0 spiro atoms. The van der Waals surface area contributed by atoms with Crippen LogP contribution in [-0.4, -0.2) is 45.9 Å². The molecule has 1 N–H and O–H groups in total. The Morgan fingerprint density at radius 2 is 2.08 bits per heavy atom. The molecule has 5 nitrogen and oxygen atoms in total. The van der Waals surface area contributed by atoms with Crippen LogP contribution < -0.4 is 5.32 Å². The number of pyridine rings is 2. The van der Waals surface area contributed by atoms with Crippen molar-refractivity contribution in [2.45, 2.75) is 31.3 Å². The quantitative estimate of drug-likeness (QED) is 0.843. The summed E-state index contributed by atoms with van der Waals surface area (Å²) in [5.74, 6) is 0.527. The fraction of sp³-hybridized carbons (Fsp3) is 0.381. The molecule has 134 valence electrons. The molecular formula is C21H24N4O. The first-order valence-electron chi connectivity index (χ1n) is 9.32. The summed E-state index contributed by atoms with van der Waals surface area (Å²) in [7, 11) is 0. The van der Waals surface area contributed by atoms with Crippen molar-refractivity contribution in [3.05, 3.63) is 66.3 Å². The molecule has 0 saturated carbocycles. The highest BCUT2D eigenvalue weighted by atomic mass is 16.1. The number of aromatic nitrogens is 2. The van der Waals surface area contributed by atoms with E-state index in [0.717, 1.165) is 25.2 Å². The van der Waals surface area contributed by atoms with Crippen molar-refractivity contribution in [3.8, 4) is 0 Å². The van der Waals surface area contributed by atoms with E-state index in [-0.39, 0.29) is 11.9 Å². The lowest BCUT2D eigenvalue weighted by Crippen LogP contribution is -2.64. The number of amides is 1. The maximum Gasteiger partial charge on any atom is 0.244 e. The zero-order valence-electron chi connectivity index (χ0n) is 14.8. The van der Waals surface area contributed by atoms with Gasteiger partial charge in [0.05, 0.1) is 5.69 Å². The maximum absolute atomic E-state index is 12.5. The summed E-state index contributed by atoms with van der Waals surface area (Å²) < 4.78 is 0. The van der Waals surface area contributed by atoms with Crippen molar-refractivity contribution in [2.75, 3.05) is 13.1 Å².